The van der Waals surface area contributed by atoms with Gasteiger partial charge in [0.1, 0.15) is 11.6 Å². The van der Waals surface area contributed by atoms with Gasteiger partial charge in [0, 0.05) is 13.0 Å². The maximum atomic E-state index is 13.0. The van der Waals surface area contributed by atoms with Gasteiger partial charge in [0.25, 0.3) is 0 Å². The minimum Gasteiger partial charge on any atom is -0.506 e. The van der Waals surface area contributed by atoms with E-state index >= 15 is 0 Å². The third kappa shape index (κ3) is 2.32. The van der Waals surface area contributed by atoms with Crippen molar-refractivity contribution in [3.63, 3.8) is 0 Å². The number of amides is 1. The molecule has 1 aromatic rings. The van der Waals surface area contributed by atoms with E-state index < -0.39 is 11.7 Å². The highest BCUT2D eigenvalue weighted by Crippen LogP contribution is 2.28. The summed E-state index contributed by atoms with van der Waals surface area (Å²) in [5, 5.41) is 11.2. The minimum atomic E-state index is -0.682. The van der Waals surface area contributed by atoms with E-state index in [4.69, 9.17) is 16.7 Å². The Balaban J connectivity index is 3.08. The molecule has 0 bridgehead atoms. The van der Waals surface area contributed by atoms with Gasteiger partial charge in [-0.3, -0.25) is 4.79 Å². The predicted octanol–water partition coefficient (Wildman–Crippen LogP) is 2.14. The van der Waals surface area contributed by atoms with Crippen molar-refractivity contribution >= 4 is 23.2 Å². The van der Waals surface area contributed by atoms with Gasteiger partial charge in [-0.1, -0.05) is 11.6 Å². The summed E-state index contributed by atoms with van der Waals surface area (Å²) in [5.74, 6) is -1.37. The molecule has 2 N–H and O–H groups in total. The SMILES string of the molecule is CC(=O)Nc1cc(O)c(Cl)cc1F. The van der Waals surface area contributed by atoms with Crippen LogP contribution in [0.15, 0.2) is 12.1 Å². The average molecular weight is 204 g/mol. The smallest absolute Gasteiger partial charge is 0.221 e. The van der Waals surface area contributed by atoms with Gasteiger partial charge in [0.2, 0.25) is 5.91 Å². The molecular weight excluding hydrogens is 197 g/mol. The Kier molecular flexibility index (Phi) is 2.72. The van der Waals surface area contributed by atoms with Crippen LogP contribution in [0, 0.1) is 5.82 Å². The Bertz CT molecular complexity index is 354. The molecule has 0 fully saturated rings. The summed E-state index contributed by atoms with van der Waals surface area (Å²) in [7, 11) is 0. The molecule has 0 heterocycles. The van der Waals surface area contributed by atoms with E-state index in [2.05, 4.69) is 5.32 Å². The van der Waals surface area contributed by atoms with Gasteiger partial charge in [-0.2, -0.15) is 0 Å². The van der Waals surface area contributed by atoms with Crippen molar-refractivity contribution in [1.82, 2.24) is 0 Å². The van der Waals surface area contributed by atoms with Gasteiger partial charge >= 0.3 is 0 Å². The van der Waals surface area contributed by atoms with Crippen molar-refractivity contribution in [2.45, 2.75) is 6.92 Å². The normalized spacial score (nSPS) is 9.77. The molecule has 1 rings (SSSR count). The fourth-order valence-corrected chi connectivity index (χ4v) is 0.973. The first kappa shape index (κ1) is 9.80. The number of aromatic hydroxyl groups is 1. The lowest BCUT2D eigenvalue weighted by Gasteiger charge is -2.05. The van der Waals surface area contributed by atoms with Gasteiger partial charge < -0.3 is 10.4 Å². The summed E-state index contributed by atoms with van der Waals surface area (Å²) < 4.78 is 13.0. The van der Waals surface area contributed by atoms with Crippen molar-refractivity contribution in [3.05, 3.63) is 23.0 Å². The molecule has 3 nitrogen and oxygen atoms in total. The van der Waals surface area contributed by atoms with Crippen molar-refractivity contribution < 1.29 is 14.3 Å². The number of phenolic OH excluding ortho intramolecular Hbond substituents is 1. The van der Waals surface area contributed by atoms with Gasteiger partial charge in [-0.15, -0.1) is 0 Å². The van der Waals surface area contributed by atoms with Crippen LogP contribution in [0.25, 0.3) is 0 Å². The molecule has 0 unspecified atom stereocenters. The zero-order valence-electron chi connectivity index (χ0n) is 6.77. The predicted molar refractivity (Wildman–Crippen MR) is 47.4 cm³/mol. The number of anilines is 1. The Labute approximate surface area is 79.1 Å². The van der Waals surface area contributed by atoms with Crippen LogP contribution in [0.4, 0.5) is 10.1 Å². The molecule has 70 valence electrons. The molecule has 0 aliphatic heterocycles. The second-order valence-electron chi connectivity index (χ2n) is 2.46. The van der Waals surface area contributed by atoms with E-state index in [1.807, 2.05) is 0 Å². The molecular formula is C8H7ClFNO2. The first-order valence-electron chi connectivity index (χ1n) is 3.46. The average Bonchev–Trinajstić information content (AvgIpc) is 1.99. The zero-order valence-corrected chi connectivity index (χ0v) is 7.52. The third-order valence-corrected chi connectivity index (χ3v) is 1.65. The number of carbonyl (C=O) groups is 1. The van der Waals surface area contributed by atoms with E-state index in [1.165, 1.54) is 6.92 Å². The Hall–Kier alpha value is -1.29. The minimum absolute atomic E-state index is 0.0885. The van der Waals surface area contributed by atoms with Crippen LogP contribution in [0.2, 0.25) is 5.02 Å². The molecule has 5 heteroatoms. The van der Waals surface area contributed by atoms with E-state index in [0.29, 0.717) is 0 Å². The lowest BCUT2D eigenvalue weighted by molar-refractivity contribution is -0.114. The highest BCUT2D eigenvalue weighted by atomic mass is 35.5. The first-order valence-corrected chi connectivity index (χ1v) is 3.84. The second kappa shape index (κ2) is 3.62. The van der Waals surface area contributed by atoms with E-state index in [-0.39, 0.29) is 16.5 Å². The second-order valence-corrected chi connectivity index (χ2v) is 2.87. The first-order chi connectivity index (χ1) is 6.00. The molecule has 0 atom stereocenters. The van der Waals surface area contributed by atoms with E-state index in [1.54, 1.807) is 0 Å². The lowest BCUT2D eigenvalue weighted by Crippen LogP contribution is -2.07. The Morgan fingerprint density at radius 3 is 2.77 bits per heavy atom. The molecule has 0 saturated carbocycles. The fourth-order valence-electron chi connectivity index (χ4n) is 0.823. The number of halogens is 2. The summed E-state index contributed by atoms with van der Waals surface area (Å²) >= 11 is 5.42. The van der Waals surface area contributed by atoms with Crippen LogP contribution in [0.1, 0.15) is 6.92 Å². The number of nitrogens with one attached hydrogen (secondary N) is 1. The molecule has 0 radical (unpaired) electrons. The summed E-state index contributed by atoms with van der Waals surface area (Å²) in [4.78, 5) is 10.6. The van der Waals surface area contributed by atoms with Crippen LogP contribution < -0.4 is 5.32 Å². The maximum absolute atomic E-state index is 13.0. The van der Waals surface area contributed by atoms with Gasteiger partial charge in [0.05, 0.1) is 10.7 Å². The molecule has 0 aliphatic rings. The number of benzene rings is 1. The van der Waals surface area contributed by atoms with Crippen molar-refractivity contribution in [1.29, 1.82) is 0 Å². The number of rotatable bonds is 1. The molecule has 0 aliphatic carbocycles. The van der Waals surface area contributed by atoms with E-state index in [9.17, 15) is 9.18 Å². The van der Waals surface area contributed by atoms with Crippen molar-refractivity contribution in [2.24, 2.45) is 0 Å². The molecule has 1 aromatic carbocycles. The summed E-state index contributed by atoms with van der Waals surface area (Å²) in [5.41, 5.74) is -0.0885. The Morgan fingerprint density at radius 2 is 2.23 bits per heavy atom. The van der Waals surface area contributed by atoms with Crippen molar-refractivity contribution in [2.75, 3.05) is 5.32 Å². The lowest BCUT2D eigenvalue weighted by atomic mass is 10.3. The van der Waals surface area contributed by atoms with E-state index in [0.717, 1.165) is 12.1 Å². The summed E-state index contributed by atoms with van der Waals surface area (Å²) in [6, 6.07) is 1.99. The number of carbonyl (C=O) groups excluding carboxylic acids is 1. The fraction of sp³-hybridized carbons (Fsp3) is 0.125. The topological polar surface area (TPSA) is 49.3 Å². The third-order valence-electron chi connectivity index (χ3n) is 1.35. The molecule has 13 heavy (non-hydrogen) atoms. The van der Waals surface area contributed by atoms with Crippen LogP contribution >= 0.6 is 11.6 Å². The zero-order chi connectivity index (χ0) is 10.0. The van der Waals surface area contributed by atoms with Gasteiger partial charge in [0.15, 0.2) is 0 Å². The molecule has 0 spiro atoms. The van der Waals surface area contributed by atoms with Crippen LogP contribution in [-0.4, -0.2) is 11.0 Å². The van der Waals surface area contributed by atoms with Gasteiger partial charge in [-0.05, 0) is 6.07 Å². The molecule has 0 saturated heterocycles. The largest absolute Gasteiger partial charge is 0.506 e. The van der Waals surface area contributed by atoms with Crippen LogP contribution in [0.3, 0.4) is 0 Å². The number of hydrogen-bond donors (Lipinski definition) is 2. The number of phenols is 1. The number of hydrogen-bond acceptors (Lipinski definition) is 2. The quantitative estimate of drug-likeness (QED) is 0.735. The van der Waals surface area contributed by atoms with Crippen LogP contribution in [0.5, 0.6) is 5.75 Å². The van der Waals surface area contributed by atoms with Gasteiger partial charge in [-0.25, -0.2) is 4.39 Å². The molecule has 1 amide bonds. The Morgan fingerprint density at radius 1 is 1.62 bits per heavy atom. The summed E-state index contributed by atoms with van der Waals surface area (Å²) in [6.07, 6.45) is 0. The standard InChI is InChI=1S/C8H7ClFNO2/c1-4(12)11-7-3-8(13)5(9)2-6(7)10/h2-3,13H,1H3,(H,11,12). The van der Waals surface area contributed by atoms with Crippen molar-refractivity contribution in [3.8, 4) is 5.75 Å². The highest BCUT2D eigenvalue weighted by Gasteiger charge is 2.08. The molecule has 0 aromatic heterocycles. The maximum Gasteiger partial charge on any atom is 0.221 e. The van der Waals surface area contributed by atoms with Crippen LogP contribution in [-0.2, 0) is 4.79 Å². The highest BCUT2D eigenvalue weighted by molar-refractivity contribution is 6.32. The monoisotopic (exact) mass is 203 g/mol. The summed E-state index contributed by atoms with van der Waals surface area (Å²) in [6.45, 7) is 1.24.